The molecule has 0 spiro atoms. The summed E-state index contributed by atoms with van der Waals surface area (Å²) in [4.78, 5) is 11.2. The number of rotatable bonds is 10. The van der Waals surface area contributed by atoms with Crippen LogP contribution in [0.5, 0.6) is 5.75 Å². The number of fused-ring (bicyclic) bond motifs is 1. The molecule has 0 radical (unpaired) electrons. The first-order valence-corrected chi connectivity index (χ1v) is 15.6. The molecule has 0 bridgehead atoms. The van der Waals surface area contributed by atoms with Crippen LogP contribution in [0.1, 0.15) is 104 Å². The van der Waals surface area contributed by atoms with Crippen LogP contribution in [0, 0.1) is 0 Å². The van der Waals surface area contributed by atoms with E-state index in [0.717, 1.165) is 49.0 Å². The second kappa shape index (κ2) is 10.5. The summed E-state index contributed by atoms with van der Waals surface area (Å²) in [6.45, 7) is 24.3. The van der Waals surface area contributed by atoms with Crippen molar-refractivity contribution in [3.63, 3.8) is 0 Å². The van der Waals surface area contributed by atoms with Crippen molar-refractivity contribution in [3.05, 3.63) is 34.9 Å². The van der Waals surface area contributed by atoms with Gasteiger partial charge < -0.3 is 9.16 Å². The molecule has 1 aliphatic rings. The van der Waals surface area contributed by atoms with Crippen LogP contribution in [0.3, 0.4) is 0 Å². The molecule has 3 nitrogen and oxygen atoms in total. The lowest BCUT2D eigenvalue weighted by Crippen LogP contribution is -2.40. The number of carbonyl (C=O) groups is 1. The van der Waals surface area contributed by atoms with Gasteiger partial charge in [0.15, 0.2) is 8.32 Å². The summed E-state index contributed by atoms with van der Waals surface area (Å²) in [5, 5.41) is 0.258. The minimum atomic E-state index is -1.66. The van der Waals surface area contributed by atoms with Crippen LogP contribution in [0.2, 0.25) is 18.1 Å². The van der Waals surface area contributed by atoms with Crippen LogP contribution < -0.4 is 4.74 Å². The van der Waals surface area contributed by atoms with Crippen LogP contribution in [0.4, 0.5) is 0 Å². The van der Waals surface area contributed by atoms with Gasteiger partial charge in [-0.15, -0.1) is 0 Å². The molecular formula is C29H48O3Si. The molecular weight excluding hydrogens is 424 g/mol. The van der Waals surface area contributed by atoms with Gasteiger partial charge in [-0.3, -0.25) is 4.79 Å². The minimum Gasteiger partial charge on any atom is -0.493 e. The number of carbonyl (C=O) groups excluding carboxylic acids is 1. The summed E-state index contributed by atoms with van der Waals surface area (Å²) >= 11 is 0. The number of hydrogen-bond acceptors (Lipinski definition) is 3. The van der Waals surface area contributed by atoms with Gasteiger partial charge in [0.1, 0.15) is 12.0 Å². The number of allylic oxidation sites excluding steroid dienone is 2. The zero-order valence-corrected chi connectivity index (χ0v) is 24.0. The largest absolute Gasteiger partial charge is 0.493 e. The van der Waals surface area contributed by atoms with E-state index in [4.69, 9.17) is 9.16 Å². The third kappa shape index (κ3) is 6.82. The molecule has 4 heteroatoms. The lowest BCUT2D eigenvalue weighted by molar-refractivity contribution is -0.104. The van der Waals surface area contributed by atoms with Crippen molar-refractivity contribution in [1.82, 2.24) is 0 Å². The summed E-state index contributed by atoms with van der Waals surface area (Å²) in [5.41, 5.74) is 5.05. The average molecular weight is 473 g/mol. The van der Waals surface area contributed by atoms with Crippen LogP contribution in [-0.2, 0) is 20.1 Å². The molecule has 33 heavy (non-hydrogen) atoms. The van der Waals surface area contributed by atoms with Crippen molar-refractivity contribution in [2.45, 2.75) is 116 Å². The molecule has 1 aromatic rings. The van der Waals surface area contributed by atoms with Gasteiger partial charge in [0.2, 0.25) is 0 Å². The fourth-order valence-electron chi connectivity index (χ4n) is 4.32. The summed E-state index contributed by atoms with van der Waals surface area (Å²) < 4.78 is 12.6. The fourth-order valence-corrected chi connectivity index (χ4v) is 5.41. The van der Waals surface area contributed by atoms with Gasteiger partial charge in [-0.1, -0.05) is 48.5 Å². The number of aldehydes is 1. The molecule has 0 saturated carbocycles. The zero-order valence-electron chi connectivity index (χ0n) is 23.0. The SMILES string of the molecule is CC(=CC=O)c1cc2c(cc1OCCCCCO[Si](C)(C)C(C)(C)C)C(C)(C)CCC2(C)C. The smallest absolute Gasteiger partial charge is 0.191 e. The molecule has 0 saturated heterocycles. The lowest BCUT2D eigenvalue weighted by Gasteiger charge is -2.42. The maximum atomic E-state index is 11.2. The van der Waals surface area contributed by atoms with Crippen LogP contribution in [0.15, 0.2) is 18.2 Å². The van der Waals surface area contributed by atoms with Crippen molar-refractivity contribution in [3.8, 4) is 5.75 Å². The molecule has 0 aliphatic heterocycles. The normalized spacial score (nSPS) is 18.1. The highest BCUT2D eigenvalue weighted by Crippen LogP contribution is 2.48. The molecule has 186 valence electrons. The maximum absolute atomic E-state index is 11.2. The highest BCUT2D eigenvalue weighted by molar-refractivity contribution is 6.74. The third-order valence-corrected chi connectivity index (χ3v) is 12.5. The number of hydrogen-bond donors (Lipinski definition) is 0. The Kier molecular flexibility index (Phi) is 8.84. The molecule has 1 aromatic carbocycles. The van der Waals surface area contributed by atoms with Crippen molar-refractivity contribution in [2.75, 3.05) is 13.2 Å². The number of ether oxygens (including phenoxy) is 1. The Morgan fingerprint density at radius 2 is 1.52 bits per heavy atom. The number of benzene rings is 1. The second-order valence-corrected chi connectivity index (χ2v) is 17.5. The Bertz CT molecular complexity index is 856. The van der Waals surface area contributed by atoms with E-state index in [-0.39, 0.29) is 15.9 Å². The molecule has 0 heterocycles. The molecule has 0 fully saturated rings. The average Bonchev–Trinajstić information content (AvgIpc) is 2.69. The van der Waals surface area contributed by atoms with Crippen molar-refractivity contribution >= 4 is 20.2 Å². The maximum Gasteiger partial charge on any atom is 0.191 e. The molecule has 0 unspecified atom stereocenters. The van der Waals surface area contributed by atoms with Gasteiger partial charge in [0.05, 0.1) is 6.61 Å². The van der Waals surface area contributed by atoms with Gasteiger partial charge in [0, 0.05) is 12.2 Å². The summed E-state index contributed by atoms with van der Waals surface area (Å²) in [6.07, 6.45) is 8.02. The van der Waals surface area contributed by atoms with Crippen LogP contribution >= 0.6 is 0 Å². The first-order chi connectivity index (χ1) is 15.1. The van der Waals surface area contributed by atoms with Gasteiger partial charge in [-0.25, -0.2) is 0 Å². The Morgan fingerprint density at radius 1 is 0.970 bits per heavy atom. The predicted octanol–water partition coefficient (Wildman–Crippen LogP) is 8.21. The van der Waals surface area contributed by atoms with E-state index in [1.165, 1.54) is 24.0 Å². The molecule has 0 amide bonds. The van der Waals surface area contributed by atoms with E-state index >= 15 is 0 Å². The van der Waals surface area contributed by atoms with Gasteiger partial charge in [-0.05, 0) is 103 Å². The van der Waals surface area contributed by atoms with E-state index in [9.17, 15) is 4.79 Å². The molecule has 0 N–H and O–H groups in total. The molecule has 2 rings (SSSR count). The number of unbranched alkanes of at least 4 members (excludes halogenated alkanes) is 2. The Morgan fingerprint density at radius 3 is 2.06 bits per heavy atom. The van der Waals surface area contributed by atoms with Crippen molar-refractivity contribution < 1.29 is 14.0 Å². The first kappa shape index (κ1) is 27.8. The highest BCUT2D eigenvalue weighted by atomic mass is 28.4. The van der Waals surface area contributed by atoms with E-state index in [2.05, 4.69) is 73.7 Å². The standard InChI is InChI=1S/C29H48O3Si/c1-22(14-17-30)23-20-24-25(29(7,8)16-15-28(24,5)6)21-26(23)31-18-12-11-13-19-32-33(9,10)27(2,3)4/h14,17,20-21H,11-13,15-16,18-19H2,1-10H3. The van der Waals surface area contributed by atoms with Crippen LogP contribution in [-0.4, -0.2) is 27.8 Å². The van der Waals surface area contributed by atoms with E-state index in [1.54, 1.807) is 6.08 Å². The fraction of sp³-hybridized carbons (Fsp3) is 0.690. The van der Waals surface area contributed by atoms with E-state index in [0.29, 0.717) is 6.61 Å². The van der Waals surface area contributed by atoms with Crippen molar-refractivity contribution in [2.24, 2.45) is 0 Å². The highest BCUT2D eigenvalue weighted by Gasteiger charge is 2.38. The Hall–Kier alpha value is -1.39. The summed E-state index contributed by atoms with van der Waals surface area (Å²) in [7, 11) is -1.66. The van der Waals surface area contributed by atoms with Gasteiger partial charge >= 0.3 is 0 Å². The Balaban J connectivity index is 2.09. The van der Waals surface area contributed by atoms with Crippen molar-refractivity contribution in [1.29, 1.82) is 0 Å². The monoisotopic (exact) mass is 472 g/mol. The lowest BCUT2D eigenvalue weighted by atomic mass is 9.62. The van der Waals surface area contributed by atoms with Gasteiger partial charge in [-0.2, -0.15) is 0 Å². The third-order valence-electron chi connectivity index (χ3n) is 8.01. The molecule has 0 atom stereocenters. The quantitative estimate of drug-likeness (QED) is 0.149. The zero-order chi connectivity index (χ0) is 25.1. The second-order valence-electron chi connectivity index (χ2n) is 12.7. The molecule has 0 aromatic heterocycles. The minimum absolute atomic E-state index is 0.129. The predicted molar refractivity (Wildman–Crippen MR) is 144 cm³/mol. The van der Waals surface area contributed by atoms with E-state index < -0.39 is 8.32 Å². The van der Waals surface area contributed by atoms with Crippen LogP contribution in [0.25, 0.3) is 5.57 Å². The summed E-state index contributed by atoms with van der Waals surface area (Å²) in [5.74, 6) is 0.910. The first-order valence-electron chi connectivity index (χ1n) is 12.7. The molecule has 1 aliphatic carbocycles. The van der Waals surface area contributed by atoms with E-state index in [1.807, 2.05) is 6.92 Å². The van der Waals surface area contributed by atoms with Gasteiger partial charge in [0.25, 0.3) is 0 Å². The Labute approximate surface area is 204 Å². The summed E-state index contributed by atoms with van der Waals surface area (Å²) in [6, 6.07) is 4.54. The topological polar surface area (TPSA) is 35.5 Å².